The average molecular weight is 290 g/mol. The number of hydrogen-bond acceptors (Lipinski definition) is 6. The average Bonchev–Trinajstić information content (AvgIpc) is 2.99. The van der Waals surface area contributed by atoms with Gasteiger partial charge in [0.15, 0.2) is 0 Å². The third kappa shape index (κ3) is 3.53. The van der Waals surface area contributed by atoms with Crippen molar-refractivity contribution >= 4 is 17.3 Å². The maximum atomic E-state index is 12.1. The van der Waals surface area contributed by atoms with Gasteiger partial charge in [0.05, 0.1) is 23.2 Å². The van der Waals surface area contributed by atoms with E-state index in [4.69, 9.17) is 0 Å². The number of carbonyl (C=O) groups is 1. The van der Waals surface area contributed by atoms with Gasteiger partial charge in [-0.25, -0.2) is 0 Å². The first-order valence-corrected chi connectivity index (χ1v) is 6.20. The molecule has 0 bridgehead atoms. The minimum atomic E-state index is -0.536. The first-order valence-electron chi connectivity index (χ1n) is 6.20. The van der Waals surface area contributed by atoms with E-state index in [1.165, 1.54) is 18.2 Å². The molecule has 0 spiro atoms. The van der Waals surface area contributed by atoms with Crippen molar-refractivity contribution in [2.75, 3.05) is 18.9 Å². The van der Waals surface area contributed by atoms with Gasteiger partial charge < -0.3 is 10.6 Å². The zero-order chi connectivity index (χ0) is 15.2. The quantitative estimate of drug-likeness (QED) is 0.596. The summed E-state index contributed by atoms with van der Waals surface area (Å²) in [7, 11) is 1.65. The minimum absolute atomic E-state index is 0.129. The lowest BCUT2D eigenvalue weighted by Crippen LogP contribution is -2.28. The van der Waals surface area contributed by atoms with Crippen LogP contribution in [0.3, 0.4) is 0 Å². The Morgan fingerprint density at radius 1 is 1.48 bits per heavy atom. The Kier molecular flexibility index (Phi) is 4.44. The summed E-state index contributed by atoms with van der Waals surface area (Å²) in [6, 6.07) is 4.10. The summed E-state index contributed by atoms with van der Waals surface area (Å²) in [5.74, 6) is -0.386. The highest BCUT2D eigenvalue weighted by Crippen LogP contribution is 2.21. The van der Waals surface area contributed by atoms with Crippen LogP contribution in [0, 0.1) is 10.1 Å². The van der Waals surface area contributed by atoms with Crippen LogP contribution < -0.4 is 10.6 Å². The van der Waals surface area contributed by atoms with Crippen LogP contribution in [0.25, 0.3) is 0 Å². The van der Waals surface area contributed by atoms with Gasteiger partial charge in [-0.1, -0.05) is 5.21 Å². The number of rotatable bonds is 6. The van der Waals surface area contributed by atoms with Gasteiger partial charge in [-0.2, -0.15) is 0 Å². The fourth-order valence-corrected chi connectivity index (χ4v) is 1.78. The predicted octanol–water partition coefficient (Wildman–Crippen LogP) is 0.658. The first-order chi connectivity index (χ1) is 10.1. The third-order valence-corrected chi connectivity index (χ3v) is 2.83. The Hall–Kier alpha value is -2.97. The van der Waals surface area contributed by atoms with Crippen molar-refractivity contribution in [2.24, 2.45) is 0 Å². The highest BCUT2D eigenvalue weighted by atomic mass is 16.6. The van der Waals surface area contributed by atoms with Crippen LogP contribution in [-0.4, -0.2) is 39.4 Å². The SMILES string of the molecule is CNc1ccc([N+](=O)[O-])cc1C(=O)NCCn1ccnn1. The molecule has 0 unspecified atom stereocenters. The Morgan fingerprint density at radius 3 is 2.90 bits per heavy atom. The summed E-state index contributed by atoms with van der Waals surface area (Å²) in [5, 5.41) is 23.7. The Morgan fingerprint density at radius 2 is 2.29 bits per heavy atom. The lowest BCUT2D eigenvalue weighted by atomic mass is 10.1. The van der Waals surface area contributed by atoms with E-state index in [1.54, 1.807) is 24.1 Å². The number of anilines is 1. The predicted molar refractivity (Wildman–Crippen MR) is 75.0 cm³/mol. The molecule has 9 heteroatoms. The summed E-state index contributed by atoms with van der Waals surface area (Å²) in [6.45, 7) is 0.809. The first kappa shape index (κ1) is 14.4. The van der Waals surface area contributed by atoms with Crippen molar-refractivity contribution in [2.45, 2.75) is 6.54 Å². The maximum Gasteiger partial charge on any atom is 0.270 e. The summed E-state index contributed by atoms with van der Waals surface area (Å²) in [5.41, 5.74) is 0.625. The van der Waals surface area contributed by atoms with E-state index in [2.05, 4.69) is 20.9 Å². The van der Waals surface area contributed by atoms with E-state index in [1.807, 2.05) is 0 Å². The molecule has 1 amide bonds. The molecular weight excluding hydrogens is 276 g/mol. The number of nitrogens with zero attached hydrogens (tertiary/aromatic N) is 4. The number of carbonyl (C=O) groups excluding carboxylic acids is 1. The summed E-state index contributed by atoms with van der Waals surface area (Å²) >= 11 is 0. The zero-order valence-corrected chi connectivity index (χ0v) is 11.3. The molecular formula is C12H14N6O3. The number of aromatic nitrogens is 3. The molecule has 1 heterocycles. The fraction of sp³-hybridized carbons (Fsp3) is 0.250. The topological polar surface area (TPSA) is 115 Å². The van der Waals surface area contributed by atoms with Gasteiger partial charge in [0.1, 0.15) is 0 Å². The van der Waals surface area contributed by atoms with Crippen LogP contribution in [0.4, 0.5) is 11.4 Å². The van der Waals surface area contributed by atoms with Crippen molar-refractivity contribution in [3.05, 3.63) is 46.3 Å². The number of amides is 1. The van der Waals surface area contributed by atoms with Gasteiger partial charge >= 0.3 is 0 Å². The molecule has 21 heavy (non-hydrogen) atoms. The largest absolute Gasteiger partial charge is 0.387 e. The van der Waals surface area contributed by atoms with Gasteiger partial charge in [-0.05, 0) is 6.07 Å². The normalized spacial score (nSPS) is 10.1. The van der Waals surface area contributed by atoms with Crippen molar-refractivity contribution in [1.29, 1.82) is 0 Å². The number of nitro benzene ring substituents is 1. The summed E-state index contributed by atoms with van der Waals surface area (Å²) < 4.78 is 1.58. The Balaban J connectivity index is 2.06. The number of nitrogens with one attached hydrogen (secondary N) is 2. The molecule has 0 fully saturated rings. The Bertz CT molecular complexity index is 640. The van der Waals surface area contributed by atoms with Crippen LogP contribution in [0.1, 0.15) is 10.4 Å². The molecule has 2 N–H and O–H groups in total. The standard InChI is InChI=1S/C12H14N6O3/c1-13-11-3-2-9(18(20)21)8-10(11)12(19)14-4-6-17-7-5-15-16-17/h2-3,5,7-8,13H,4,6H2,1H3,(H,14,19). The highest BCUT2D eigenvalue weighted by molar-refractivity contribution is 6.00. The second-order valence-corrected chi connectivity index (χ2v) is 4.16. The van der Waals surface area contributed by atoms with Gasteiger partial charge in [-0.3, -0.25) is 19.6 Å². The number of non-ortho nitro benzene ring substituents is 1. The molecule has 0 aliphatic carbocycles. The van der Waals surface area contributed by atoms with Crippen LogP contribution in [0.5, 0.6) is 0 Å². The molecule has 0 aliphatic heterocycles. The van der Waals surface area contributed by atoms with Crippen LogP contribution >= 0.6 is 0 Å². The molecule has 1 aromatic carbocycles. The van der Waals surface area contributed by atoms with E-state index in [0.29, 0.717) is 18.8 Å². The summed E-state index contributed by atoms with van der Waals surface area (Å²) in [4.78, 5) is 22.4. The van der Waals surface area contributed by atoms with Crippen LogP contribution in [0.2, 0.25) is 0 Å². The maximum absolute atomic E-state index is 12.1. The van der Waals surface area contributed by atoms with E-state index in [-0.39, 0.29) is 17.2 Å². The molecule has 0 saturated heterocycles. The second-order valence-electron chi connectivity index (χ2n) is 4.16. The molecule has 0 atom stereocenters. The van der Waals surface area contributed by atoms with Crippen molar-refractivity contribution in [1.82, 2.24) is 20.3 Å². The molecule has 0 radical (unpaired) electrons. The monoisotopic (exact) mass is 290 g/mol. The van der Waals surface area contributed by atoms with E-state index in [0.717, 1.165) is 0 Å². The zero-order valence-electron chi connectivity index (χ0n) is 11.3. The van der Waals surface area contributed by atoms with Gasteiger partial charge in [0, 0.05) is 37.6 Å². The number of benzene rings is 1. The fourth-order valence-electron chi connectivity index (χ4n) is 1.78. The van der Waals surface area contributed by atoms with Crippen molar-refractivity contribution in [3.63, 3.8) is 0 Å². The number of nitro groups is 1. The van der Waals surface area contributed by atoms with Crippen molar-refractivity contribution in [3.8, 4) is 0 Å². The van der Waals surface area contributed by atoms with E-state index < -0.39 is 4.92 Å². The molecule has 0 saturated carbocycles. The van der Waals surface area contributed by atoms with E-state index in [9.17, 15) is 14.9 Å². The van der Waals surface area contributed by atoms with Crippen molar-refractivity contribution < 1.29 is 9.72 Å². The second kappa shape index (κ2) is 6.46. The lowest BCUT2D eigenvalue weighted by Gasteiger charge is -2.09. The molecule has 2 aromatic rings. The van der Waals surface area contributed by atoms with E-state index >= 15 is 0 Å². The molecule has 9 nitrogen and oxygen atoms in total. The minimum Gasteiger partial charge on any atom is -0.387 e. The van der Waals surface area contributed by atoms with Crippen LogP contribution in [0.15, 0.2) is 30.6 Å². The van der Waals surface area contributed by atoms with Crippen LogP contribution in [-0.2, 0) is 6.54 Å². The third-order valence-electron chi connectivity index (χ3n) is 2.83. The molecule has 2 rings (SSSR count). The van der Waals surface area contributed by atoms with Gasteiger partial charge in [-0.15, -0.1) is 5.10 Å². The Labute approximate surface area is 120 Å². The smallest absolute Gasteiger partial charge is 0.270 e. The molecule has 1 aromatic heterocycles. The molecule has 110 valence electrons. The number of hydrogen-bond donors (Lipinski definition) is 2. The van der Waals surface area contributed by atoms with Gasteiger partial charge in [0.2, 0.25) is 0 Å². The molecule has 0 aliphatic rings. The highest BCUT2D eigenvalue weighted by Gasteiger charge is 2.15. The van der Waals surface area contributed by atoms with Gasteiger partial charge in [0.25, 0.3) is 11.6 Å². The summed E-state index contributed by atoms with van der Waals surface area (Å²) in [6.07, 6.45) is 3.22. The lowest BCUT2D eigenvalue weighted by molar-refractivity contribution is -0.384.